The second kappa shape index (κ2) is 4.87. The fourth-order valence-corrected chi connectivity index (χ4v) is 2.54. The van der Waals surface area contributed by atoms with Crippen LogP contribution in [0, 0.1) is 11.3 Å². The molecule has 0 aliphatic carbocycles. The largest absolute Gasteiger partial charge is 0.342 e. The number of halogens is 1. The molecule has 2 aromatic carbocycles. The maximum absolute atomic E-state index is 9.06. The van der Waals surface area contributed by atoms with Gasteiger partial charge in [-0.2, -0.15) is 5.26 Å². The number of fused-ring (bicyclic) bond motifs is 1. The fraction of sp³-hybridized carbons (Fsp3) is 0.0667. The van der Waals surface area contributed by atoms with E-state index in [1.807, 2.05) is 24.3 Å². The summed E-state index contributed by atoms with van der Waals surface area (Å²) in [5.74, 6) is 0.871. The molecule has 0 bridgehead atoms. The number of rotatable bonds is 2. The van der Waals surface area contributed by atoms with Crippen LogP contribution in [0.1, 0.15) is 17.0 Å². The van der Waals surface area contributed by atoms with E-state index in [0.29, 0.717) is 5.56 Å². The van der Waals surface area contributed by atoms with Gasteiger partial charge in [-0.05, 0) is 29.8 Å². The number of aromatic amines is 1. The van der Waals surface area contributed by atoms with E-state index in [4.69, 9.17) is 5.26 Å². The van der Waals surface area contributed by atoms with Crippen LogP contribution in [-0.4, -0.2) is 9.97 Å². The first kappa shape index (κ1) is 11.9. The summed E-state index contributed by atoms with van der Waals surface area (Å²) in [6.45, 7) is 0. The zero-order chi connectivity index (χ0) is 13.2. The third-order valence-corrected chi connectivity index (χ3v) is 3.44. The SMILES string of the molecule is N#Cc1cccc2[nH]c(Cc3cccc(Br)c3)nc12. The zero-order valence-electron chi connectivity index (χ0n) is 10.0. The summed E-state index contributed by atoms with van der Waals surface area (Å²) in [5, 5.41) is 9.06. The van der Waals surface area contributed by atoms with Gasteiger partial charge in [0.1, 0.15) is 17.4 Å². The lowest BCUT2D eigenvalue weighted by molar-refractivity contribution is 1.04. The number of nitrogens with one attached hydrogen (secondary N) is 1. The standard InChI is InChI=1S/C15H10BrN3/c16-12-5-1-3-10(7-12)8-14-18-13-6-2-4-11(9-17)15(13)19-14/h1-7H,8H2,(H,18,19). The molecule has 0 aliphatic heterocycles. The number of para-hydroxylation sites is 1. The molecule has 3 rings (SSSR count). The van der Waals surface area contributed by atoms with Crippen LogP contribution in [0.15, 0.2) is 46.9 Å². The predicted molar refractivity (Wildman–Crippen MR) is 77.8 cm³/mol. The summed E-state index contributed by atoms with van der Waals surface area (Å²) in [6.07, 6.45) is 0.721. The van der Waals surface area contributed by atoms with Crippen LogP contribution in [0.5, 0.6) is 0 Å². The topological polar surface area (TPSA) is 52.5 Å². The third kappa shape index (κ3) is 2.38. The molecule has 92 valence electrons. The highest BCUT2D eigenvalue weighted by molar-refractivity contribution is 9.10. The third-order valence-electron chi connectivity index (χ3n) is 2.94. The van der Waals surface area contributed by atoms with Crippen LogP contribution in [-0.2, 0) is 6.42 Å². The molecule has 3 aromatic rings. The highest BCUT2D eigenvalue weighted by atomic mass is 79.9. The first-order valence-corrected chi connectivity index (χ1v) is 6.68. The van der Waals surface area contributed by atoms with E-state index in [1.54, 1.807) is 6.07 Å². The molecule has 1 N–H and O–H groups in total. The summed E-state index contributed by atoms with van der Waals surface area (Å²) < 4.78 is 1.05. The van der Waals surface area contributed by atoms with E-state index in [0.717, 1.165) is 27.8 Å². The Bertz CT molecular complexity index is 783. The van der Waals surface area contributed by atoms with Gasteiger partial charge >= 0.3 is 0 Å². The number of benzene rings is 2. The van der Waals surface area contributed by atoms with Crippen molar-refractivity contribution >= 4 is 27.0 Å². The molecular weight excluding hydrogens is 302 g/mol. The number of nitrogens with zero attached hydrogens (tertiary/aromatic N) is 2. The Morgan fingerprint density at radius 3 is 2.84 bits per heavy atom. The van der Waals surface area contributed by atoms with Gasteiger partial charge in [0, 0.05) is 10.9 Å². The number of aromatic nitrogens is 2. The minimum Gasteiger partial charge on any atom is -0.342 e. The van der Waals surface area contributed by atoms with E-state index < -0.39 is 0 Å². The Morgan fingerprint density at radius 1 is 1.21 bits per heavy atom. The van der Waals surface area contributed by atoms with Gasteiger partial charge < -0.3 is 4.98 Å². The number of hydrogen-bond donors (Lipinski definition) is 1. The van der Waals surface area contributed by atoms with Crippen molar-refractivity contribution < 1.29 is 0 Å². The molecule has 0 saturated carbocycles. The molecular formula is C15H10BrN3. The van der Waals surface area contributed by atoms with Gasteiger partial charge in [0.2, 0.25) is 0 Å². The number of nitriles is 1. The first-order chi connectivity index (χ1) is 9.26. The van der Waals surface area contributed by atoms with Crippen molar-refractivity contribution in [2.45, 2.75) is 6.42 Å². The van der Waals surface area contributed by atoms with Gasteiger partial charge in [0.15, 0.2) is 0 Å². The van der Waals surface area contributed by atoms with Crippen molar-refractivity contribution in [3.63, 3.8) is 0 Å². The van der Waals surface area contributed by atoms with Gasteiger partial charge in [0.25, 0.3) is 0 Å². The van der Waals surface area contributed by atoms with Crippen LogP contribution >= 0.6 is 15.9 Å². The summed E-state index contributed by atoms with van der Waals surface area (Å²) in [5.41, 5.74) is 3.43. The van der Waals surface area contributed by atoms with Gasteiger partial charge in [-0.1, -0.05) is 34.1 Å². The molecule has 0 unspecified atom stereocenters. The van der Waals surface area contributed by atoms with E-state index in [1.165, 1.54) is 5.56 Å². The Labute approximate surface area is 119 Å². The van der Waals surface area contributed by atoms with E-state index in [-0.39, 0.29) is 0 Å². The number of hydrogen-bond acceptors (Lipinski definition) is 2. The average Bonchev–Trinajstić information content (AvgIpc) is 2.80. The summed E-state index contributed by atoms with van der Waals surface area (Å²) >= 11 is 3.46. The minimum absolute atomic E-state index is 0.606. The molecule has 0 spiro atoms. The fourth-order valence-electron chi connectivity index (χ4n) is 2.10. The zero-order valence-corrected chi connectivity index (χ0v) is 11.6. The van der Waals surface area contributed by atoms with E-state index in [9.17, 15) is 0 Å². The Hall–Kier alpha value is -2.12. The summed E-state index contributed by atoms with van der Waals surface area (Å²) in [6, 6.07) is 15.9. The van der Waals surface area contributed by atoms with Gasteiger partial charge in [-0.3, -0.25) is 0 Å². The average molecular weight is 312 g/mol. The Balaban J connectivity index is 2.01. The number of H-pyrrole nitrogens is 1. The highest BCUT2D eigenvalue weighted by Gasteiger charge is 2.07. The monoisotopic (exact) mass is 311 g/mol. The number of imidazole rings is 1. The first-order valence-electron chi connectivity index (χ1n) is 5.88. The van der Waals surface area contributed by atoms with Crippen molar-refractivity contribution in [1.82, 2.24) is 9.97 Å². The maximum Gasteiger partial charge on any atom is 0.111 e. The van der Waals surface area contributed by atoms with Crippen LogP contribution in [0.4, 0.5) is 0 Å². The molecule has 0 amide bonds. The lowest BCUT2D eigenvalue weighted by Gasteiger charge is -1.98. The molecule has 0 saturated heterocycles. The van der Waals surface area contributed by atoms with Crippen molar-refractivity contribution in [3.8, 4) is 6.07 Å². The van der Waals surface area contributed by atoms with E-state index in [2.05, 4.69) is 44.1 Å². The molecule has 0 fully saturated rings. The lowest BCUT2D eigenvalue weighted by atomic mass is 10.1. The minimum atomic E-state index is 0.606. The quantitative estimate of drug-likeness (QED) is 0.783. The normalized spacial score (nSPS) is 10.5. The lowest BCUT2D eigenvalue weighted by Crippen LogP contribution is -1.90. The molecule has 0 atom stereocenters. The predicted octanol–water partition coefficient (Wildman–Crippen LogP) is 3.79. The second-order valence-electron chi connectivity index (χ2n) is 4.30. The molecule has 0 aliphatic rings. The molecule has 4 heteroatoms. The van der Waals surface area contributed by atoms with Crippen LogP contribution < -0.4 is 0 Å². The smallest absolute Gasteiger partial charge is 0.111 e. The van der Waals surface area contributed by atoms with Crippen molar-refractivity contribution in [1.29, 1.82) is 5.26 Å². The highest BCUT2D eigenvalue weighted by Crippen LogP contribution is 2.18. The van der Waals surface area contributed by atoms with Crippen molar-refractivity contribution in [2.24, 2.45) is 0 Å². The van der Waals surface area contributed by atoms with Crippen LogP contribution in [0.25, 0.3) is 11.0 Å². The maximum atomic E-state index is 9.06. The van der Waals surface area contributed by atoms with Crippen LogP contribution in [0.2, 0.25) is 0 Å². The van der Waals surface area contributed by atoms with Gasteiger partial charge in [-0.15, -0.1) is 0 Å². The van der Waals surface area contributed by atoms with Crippen molar-refractivity contribution in [2.75, 3.05) is 0 Å². The molecule has 1 aromatic heterocycles. The molecule has 19 heavy (non-hydrogen) atoms. The summed E-state index contributed by atoms with van der Waals surface area (Å²) in [7, 11) is 0. The molecule has 3 nitrogen and oxygen atoms in total. The van der Waals surface area contributed by atoms with Gasteiger partial charge in [-0.25, -0.2) is 4.98 Å². The summed E-state index contributed by atoms with van der Waals surface area (Å²) in [4.78, 5) is 7.78. The second-order valence-corrected chi connectivity index (χ2v) is 5.22. The van der Waals surface area contributed by atoms with E-state index >= 15 is 0 Å². The van der Waals surface area contributed by atoms with Crippen molar-refractivity contribution in [3.05, 3.63) is 63.9 Å². The Morgan fingerprint density at radius 2 is 2.05 bits per heavy atom. The van der Waals surface area contributed by atoms with Gasteiger partial charge in [0.05, 0.1) is 11.1 Å². The molecule has 0 radical (unpaired) electrons. The van der Waals surface area contributed by atoms with Crippen LogP contribution in [0.3, 0.4) is 0 Å². The Kier molecular flexibility index (Phi) is 3.06. The molecule has 1 heterocycles.